The summed E-state index contributed by atoms with van der Waals surface area (Å²) in [6, 6.07) is 9.18. The first-order valence-corrected chi connectivity index (χ1v) is 9.95. The molecule has 0 aliphatic carbocycles. The Bertz CT molecular complexity index is 592. The molecule has 0 aromatic heterocycles. The summed E-state index contributed by atoms with van der Waals surface area (Å²) in [6.07, 6.45) is 3.15. The van der Waals surface area contributed by atoms with Gasteiger partial charge in [-0.05, 0) is 32.3 Å². The lowest BCUT2D eigenvalue weighted by molar-refractivity contribution is 0.127. The third-order valence-electron chi connectivity index (χ3n) is 4.72. The molecule has 4 nitrogen and oxygen atoms in total. The number of piperidine rings is 1. The van der Waals surface area contributed by atoms with Crippen molar-refractivity contribution >= 4 is 10.0 Å². The fourth-order valence-electron chi connectivity index (χ4n) is 3.47. The summed E-state index contributed by atoms with van der Waals surface area (Å²) in [7, 11) is -3.10. The molecule has 1 aliphatic rings. The summed E-state index contributed by atoms with van der Waals surface area (Å²) in [4.78, 5) is 2.46. The largest absolute Gasteiger partial charge is 0.296 e. The van der Waals surface area contributed by atoms with Crippen LogP contribution in [0.5, 0.6) is 0 Å². The second-order valence-electron chi connectivity index (χ2n) is 6.32. The van der Waals surface area contributed by atoms with Crippen molar-refractivity contribution in [3.63, 3.8) is 0 Å². The molecular weight excluding hydrogens is 296 g/mol. The highest BCUT2D eigenvalue weighted by Crippen LogP contribution is 2.27. The number of nitrogens with zero attached hydrogens (tertiary/aromatic N) is 2. The molecule has 1 fully saturated rings. The topological polar surface area (TPSA) is 40.6 Å². The minimum atomic E-state index is -3.10. The van der Waals surface area contributed by atoms with Crippen LogP contribution in [0.4, 0.5) is 0 Å². The van der Waals surface area contributed by atoms with Crippen molar-refractivity contribution in [3.05, 3.63) is 35.4 Å². The van der Waals surface area contributed by atoms with E-state index in [-0.39, 0.29) is 6.04 Å². The zero-order chi connectivity index (χ0) is 16.3. The maximum Gasteiger partial charge on any atom is 0.211 e. The first kappa shape index (κ1) is 17.4. The summed E-state index contributed by atoms with van der Waals surface area (Å²) in [5.41, 5.74) is 2.63. The number of sulfonamides is 1. The van der Waals surface area contributed by atoms with Gasteiger partial charge in [0, 0.05) is 31.7 Å². The monoisotopic (exact) mass is 324 g/mol. The number of likely N-dealkylation sites (tertiary alicyclic amines) is 1. The molecule has 2 rings (SSSR count). The Labute approximate surface area is 135 Å². The van der Waals surface area contributed by atoms with Crippen LogP contribution in [0.2, 0.25) is 0 Å². The Morgan fingerprint density at radius 2 is 1.95 bits per heavy atom. The molecule has 1 atom stereocenters. The lowest BCUT2D eigenvalue weighted by atomic mass is 9.99. The first-order valence-electron chi connectivity index (χ1n) is 8.10. The molecule has 0 N–H and O–H groups in total. The van der Waals surface area contributed by atoms with Crippen molar-refractivity contribution in [2.24, 2.45) is 0 Å². The third-order valence-corrected chi connectivity index (χ3v) is 6.12. The fourth-order valence-corrected chi connectivity index (χ4v) is 4.69. The van der Waals surface area contributed by atoms with Crippen LogP contribution >= 0.6 is 0 Å². The number of aryl methyl sites for hydroxylation is 1. The van der Waals surface area contributed by atoms with Crippen molar-refractivity contribution in [2.45, 2.75) is 45.7 Å². The smallest absolute Gasteiger partial charge is 0.211 e. The van der Waals surface area contributed by atoms with Crippen LogP contribution in [-0.4, -0.2) is 49.6 Å². The van der Waals surface area contributed by atoms with E-state index < -0.39 is 10.0 Å². The van der Waals surface area contributed by atoms with Crippen LogP contribution in [0.3, 0.4) is 0 Å². The van der Waals surface area contributed by atoms with Gasteiger partial charge in [0.25, 0.3) is 0 Å². The zero-order valence-electron chi connectivity index (χ0n) is 14.1. The molecule has 22 heavy (non-hydrogen) atoms. The van der Waals surface area contributed by atoms with Gasteiger partial charge in [-0.2, -0.15) is 4.31 Å². The van der Waals surface area contributed by atoms with Crippen LogP contribution in [0.1, 0.15) is 43.9 Å². The summed E-state index contributed by atoms with van der Waals surface area (Å²) in [5, 5.41) is 0. The lowest BCUT2D eigenvalue weighted by Crippen LogP contribution is -2.47. The van der Waals surface area contributed by atoms with Gasteiger partial charge >= 0.3 is 0 Å². The molecule has 0 bridgehead atoms. The molecule has 1 aromatic carbocycles. The SMILES string of the molecule is CCN(C1CCN([C@H](C)c2cccc(C)c2)CC1)S(C)(=O)=O. The molecule has 0 saturated carbocycles. The Balaban J connectivity index is 2.00. The Morgan fingerprint density at radius 1 is 1.32 bits per heavy atom. The van der Waals surface area contributed by atoms with Crippen LogP contribution in [0, 0.1) is 6.92 Å². The second-order valence-corrected chi connectivity index (χ2v) is 8.26. The standard InChI is InChI=1S/C17H28N2O2S/c1-5-19(22(4,20)21)17-9-11-18(12-10-17)15(3)16-8-6-7-14(2)13-16/h6-8,13,15,17H,5,9-12H2,1-4H3/t15-/m1/s1. The zero-order valence-corrected chi connectivity index (χ0v) is 14.9. The summed E-state index contributed by atoms with van der Waals surface area (Å²) < 4.78 is 25.4. The van der Waals surface area contributed by atoms with Gasteiger partial charge in [0.1, 0.15) is 0 Å². The van der Waals surface area contributed by atoms with Gasteiger partial charge in [0.2, 0.25) is 10.0 Å². The Morgan fingerprint density at radius 3 is 2.45 bits per heavy atom. The van der Waals surface area contributed by atoms with E-state index in [1.165, 1.54) is 17.4 Å². The van der Waals surface area contributed by atoms with Gasteiger partial charge in [0.15, 0.2) is 0 Å². The molecule has 5 heteroatoms. The fraction of sp³-hybridized carbons (Fsp3) is 0.647. The average Bonchev–Trinajstić information content (AvgIpc) is 2.46. The molecule has 1 aromatic rings. The van der Waals surface area contributed by atoms with E-state index in [2.05, 4.69) is 43.0 Å². The minimum absolute atomic E-state index is 0.154. The molecule has 0 radical (unpaired) electrons. The average molecular weight is 324 g/mol. The molecule has 124 valence electrons. The molecule has 1 heterocycles. The van der Waals surface area contributed by atoms with Gasteiger partial charge in [0.05, 0.1) is 6.26 Å². The summed E-state index contributed by atoms with van der Waals surface area (Å²) in [5.74, 6) is 0. The number of hydrogen-bond donors (Lipinski definition) is 0. The highest BCUT2D eigenvalue weighted by atomic mass is 32.2. The van der Waals surface area contributed by atoms with Gasteiger partial charge in [-0.1, -0.05) is 36.8 Å². The summed E-state index contributed by atoms with van der Waals surface area (Å²) >= 11 is 0. The number of hydrogen-bond acceptors (Lipinski definition) is 3. The number of rotatable bonds is 5. The van der Waals surface area contributed by atoms with Crippen molar-refractivity contribution in [1.29, 1.82) is 0 Å². The molecule has 1 aliphatic heterocycles. The third kappa shape index (κ3) is 4.09. The number of benzene rings is 1. The van der Waals surface area contributed by atoms with Crippen LogP contribution in [-0.2, 0) is 10.0 Å². The Kier molecular flexibility index (Phi) is 5.64. The van der Waals surface area contributed by atoms with Crippen molar-refractivity contribution < 1.29 is 8.42 Å². The van der Waals surface area contributed by atoms with Gasteiger partial charge in [-0.25, -0.2) is 8.42 Å². The molecular formula is C17H28N2O2S. The molecule has 0 amide bonds. The van der Waals surface area contributed by atoms with Gasteiger partial charge < -0.3 is 0 Å². The maximum absolute atomic E-state index is 11.8. The van der Waals surface area contributed by atoms with Crippen molar-refractivity contribution in [3.8, 4) is 0 Å². The van der Waals surface area contributed by atoms with Gasteiger partial charge in [-0.15, -0.1) is 0 Å². The quantitative estimate of drug-likeness (QED) is 0.836. The van der Waals surface area contributed by atoms with Crippen molar-refractivity contribution in [2.75, 3.05) is 25.9 Å². The molecule has 1 saturated heterocycles. The molecule has 0 unspecified atom stereocenters. The van der Waals surface area contributed by atoms with Gasteiger partial charge in [-0.3, -0.25) is 4.90 Å². The Hall–Kier alpha value is -0.910. The normalized spacial score (nSPS) is 19.5. The van der Waals surface area contributed by atoms with E-state index in [1.54, 1.807) is 4.31 Å². The highest BCUT2D eigenvalue weighted by Gasteiger charge is 2.30. The predicted molar refractivity (Wildman–Crippen MR) is 91.4 cm³/mol. The van der Waals surface area contributed by atoms with Crippen LogP contribution in [0.15, 0.2) is 24.3 Å². The predicted octanol–water partition coefficient (Wildman–Crippen LogP) is 2.80. The summed E-state index contributed by atoms with van der Waals surface area (Å²) in [6.45, 7) is 8.74. The van der Waals surface area contributed by atoms with Crippen LogP contribution in [0.25, 0.3) is 0 Å². The lowest BCUT2D eigenvalue weighted by Gasteiger charge is -2.39. The van der Waals surface area contributed by atoms with E-state index >= 15 is 0 Å². The first-order chi connectivity index (χ1) is 10.3. The van der Waals surface area contributed by atoms with E-state index in [9.17, 15) is 8.42 Å². The minimum Gasteiger partial charge on any atom is -0.296 e. The van der Waals surface area contributed by atoms with E-state index in [0.29, 0.717) is 12.6 Å². The van der Waals surface area contributed by atoms with E-state index in [1.807, 2.05) is 6.92 Å². The van der Waals surface area contributed by atoms with E-state index in [4.69, 9.17) is 0 Å². The van der Waals surface area contributed by atoms with E-state index in [0.717, 1.165) is 25.9 Å². The second kappa shape index (κ2) is 7.11. The molecule has 0 spiro atoms. The maximum atomic E-state index is 11.8. The van der Waals surface area contributed by atoms with Crippen LogP contribution < -0.4 is 0 Å². The highest BCUT2D eigenvalue weighted by molar-refractivity contribution is 7.88. The van der Waals surface area contributed by atoms with Crippen molar-refractivity contribution in [1.82, 2.24) is 9.21 Å².